The molecule has 1 aromatic rings. The molecule has 5 nitrogen and oxygen atoms in total. The summed E-state index contributed by atoms with van der Waals surface area (Å²) < 4.78 is 52.9. The summed E-state index contributed by atoms with van der Waals surface area (Å²) in [6, 6.07) is 8.64. The van der Waals surface area contributed by atoms with Gasteiger partial charge in [0.1, 0.15) is 6.61 Å². The summed E-state index contributed by atoms with van der Waals surface area (Å²) in [6.07, 6.45) is -4.22. The zero-order valence-electron chi connectivity index (χ0n) is 17.5. The summed E-state index contributed by atoms with van der Waals surface area (Å²) in [5.74, 6) is -2.56. The zero-order chi connectivity index (χ0) is 22.4. The standard InChI is InChI=1S/C21H26F3NO4Si/c1-28-17(26)20(21(22,23)24)16-12-19(16,10-11-30(2,3)4)14-25(20)18(27)29-13-15-8-6-5-7-9-15/h5-11,16H,12-14H2,1-4H3/b11-10-/t16-,19-,20?/m0/s1. The SMILES string of the molecule is COC(=O)C1(C(F)(F)F)[C@H]2C[C@@]2(/C=C\[Si](C)(C)C)CN1C(=O)OCc1ccccc1. The van der Waals surface area contributed by atoms with Crippen LogP contribution in [0, 0.1) is 11.3 Å². The predicted octanol–water partition coefficient (Wildman–Crippen LogP) is 4.55. The van der Waals surface area contributed by atoms with Crippen LogP contribution in [-0.4, -0.2) is 50.4 Å². The maximum absolute atomic E-state index is 14.4. The maximum atomic E-state index is 14.4. The number of methoxy groups -OCH3 is 1. The van der Waals surface area contributed by atoms with Gasteiger partial charge in [-0.3, -0.25) is 4.90 Å². The minimum Gasteiger partial charge on any atom is -0.467 e. The van der Waals surface area contributed by atoms with Crippen molar-refractivity contribution in [2.24, 2.45) is 11.3 Å². The Morgan fingerprint density at radius 1 is 1.23 bits per heavy atom. The first kappa shape index (κ1) is 22.4. The fourth-order valence-corrected chi connectivity index (χ4v) is 5.03. The van der Waals surface area contributed by atoms with Gasteiger partial charge in [-0.05, 0) is 12.0 Å². The van der Waals surface area contributed by atoms with Gasteiger partial charge < -0.3 is 9.47 Å². The number of alkyl halides is 3. The maximum Gasteiger partial charge on any atom is 0.423 e. The highest BCUT2D eigenvalue weighted by molar-refractivity contribution is 6.80. The molecule has 30 heavy (non-hydrogen) atoms. The second-order valence-electron chi connectivity index (χ2n) is 9.07. The third-order valence-electron chi connectivity index (χ3n) is 5.77. The highest BCUT2D eigenvalue weighted by Crippen LogP contribution is 2.70. The molecule has 1 unspecified atom stereocenters. The van der Waals surface area contributed by atoms with Crippen LogP contribution in [0.1, 0.15) is 12.0 Å². The van der Waals surface area contributed by atoms with Crippen LogP contribution in [0.15, 0.2) is 42.1 Å². The number of amides is 1. The summed E-state index contributed by atoms with van der Waals surface area (Å²) in [5.41, 5.74) is -1.33. The summed E-state index contributed by atoms with van der Waals surface area (Å²) in [5, 5.41) is 0. The summed E-state index contributed by atoms with van der Waals surface area (Å²) in [7, 11) is -0.788. The minimum absolute atomic E-state index is 0.172. The van der Waals surface area contributed by atoms with Gasteiger partial charge in [-0.25, -0.2) is 9.59 Å². The van der Waals surface area contributed by atoms with Crippen LogP contribution in [0.25, 0.3) is 0 Å². The van der Waals surface area contributed by atoms with Gasteiger partial charge in [0, 0.05) is 17.9 Å². The molecule has 1 aromatic carbocycles. The van der Waals surface area contributed by atoms with Crippen molar-refractivity contribution in [3.63, 3.8) is 0 Å². The molecule has 0 aromatic heterocycles. The Labute approximate surface area is 174 Å². The van der Waals surface area contributed by atoms with E-state index in [0.29, 0.717) is 10.5 Å². The molecule has 1 aliphatic heterocycles. The molecule has 3 atom stereocenters. The van der Waals surface area contributed by atoms with Gasteiger partial charge in [0.2, 0.25) is 5.54 Å². The third-order valence-corrected chi connectivity index (χ3v) is 6.94. The van der Waals surface area contributed by atoms with Crippen LogP contribution < -0.4 is 0 Å². The lowest BCUT2D eigenvalue weighted by Crippen LogP contribution is -2.65. The van der Waals surface area contributed by atoms with E-state index in [1.165, 1.54) is 0 Å². The lowest BCUT2D eigenvalue weighted by molar-refractivity contribution is -0.234. The molecule has 9 heteroatoms. The average Bonchev–Trinajstić information content (AvgIpc) is 3.30. The molecule has 0 spiro atoms. The predicted molar refractivity (Wildman–Crippen MR) is 107 cm³/mol. The van der Waals surface area contributed by atoms with Crippen molar-refractivity contribution in [3.8, 4) is 0 Å². The Balaban J connectivity index is 1.95. The molecule has 2 aliphatic rings. The lowest BCUT2D eigenvalue weighted by Gasteiger charge is -2.38. The molecule has 1 heterocycles. The number of piperidine rings is 1. The molecule has 1 aliphatic carbocycles. The highest BCUT2D eigenvalue weighted by Gasteiger charge is 2.84. The van der Waals surface area contributed by atoms with Crippen LogP contribution in [0.4, 0.5) is 18.0 Å². The number of fused-ring (bicyclic) bond motifs is 1. The number of carbonyl (C=O) groups is 2. The summed E-state index contributed by atoms with van der Waals surface area (Å²) >= 11 is 0. The van der Waals surface area contributed by atoms with E-state index in [-0.39, 0.29) is 19.6 Å². The highest BCUT2D eigenvalue weighted by atomic mass is 28.3. The molecule has 1 saturated carbocycles. The van der Waals surface area contributed by atoms with Gasteiger partial charge in [0.15, 0.2) is 0 Å². The molecule has 2 fully saturated rings. The van der Waals surface area contributed by atoms with Crippen molar-refractivity contribution in [2.45, 2.75) is 44.4 Å². The van der Waals surface area contributed by atoms with Crippen molar-refractivity contribution in [1.82, 2.24) is 4.90 Å². The van der Waals surface area contributed by atoms with E-state index in [9.17, 15) is 22.8 Å². The number of benzene rings is 1. The smallest absolute Gasteiger partial charge is 0.423 e. The molecule has 0 N–H and O–H groups in total. The van der Waals surface area contributed by atoms with Gasteiger partial charge in [0.05, 0.1) is 15.2 Å². The van der Waals surface area contributed by atoms with Gasteiger partial charge in [-0.15, -0.1) is 0 Å². The first-order valence-corrected chi connectivity index (χ1v) is 13.3. The van der Waals surface area contributed by atoms with Gasteiger partial charge in [0.25, 0.3) is 0 Å². The van der Waals surface area contributed by atoms with Crippen molar-refractivity contribution in [2.75, 3.05) is 13.7 Å². The first-order chi connectivity index (χ1) is 13.9. The monoisotopic (exact) mass is 441 g/mol. The van der Waals surface area contributed by atoms with E-state index in [4.69, 9.17) is 4.74 Å². The quantitative estimate of drug-likeness (QED) is 0.497. The molecule has 3 rings (SSSR count). The van der Waals surface area contributed by atoms with Gasteiger partial charge >= 0.3 is 18.2 Å². The molecular weight excluding hydrogens is 415 g/mol. The average molecular weight is 442 g/mol. The van der Waals surface area contributed by atoms with Crippen LogP contribution in [0.5, 0.6) is 0 Å². The minimum atomic E-state index is -5.00. The molecule has 1 amide bonds. The van der Waals surface area contributed by atoms with E-state index in [1.807, 2.05) is 5.70 Å². The number of hydrogen-bond acceptors (Lipinski definition) is 4. The lowest BCUT2D eigenvalue weighted by atomic mass is 9.90. The number of likely N-dealkylation sites (tertiary alicyclic amines) is 1. The Kier molecular flexibility index (Phi) is 5.55. The summed E-state index contributed by atoms with van der Waals surface area (Å²) in [6.45, 7) is 5.77. The van der Waals surface area contributed by atoms with E-state index in [2.05, 4.69) is 24.4 Å². The molecule has 0 bridgehead atoms. The zero-order valence-corrected chi connectivity index (χ0v) is 18.5. The fourth-order valence-electron chi connectivity index (χ4n) is 4.20. The Bertz CT molecular complexity index is 852. The Morgan fingerprint density at radius 2 is 1.87 bits per heavy atom. The Morgan fingerprint density at radius 3 is 2.40 bits per heavy atom. The topological polar surface area (TPSA) is 55.8 Å². The van der Waals surface area contributed by atoms with E-state index < -0.39 is 43.2 Å². The second kappa shape index (κ2) is 7.44. The number of esters is 1. The number of hydrogen-bond donors (Lipinski definition) is 0. The summed E-state index contributed by atoms with van der Waals surface area (Å²) in [4.78, 5) is 25.9. The van der Waals surface area contributed by atoms with Gasteiger partial charge in [-0.1, -0.05) is 61.7 Å². The normalized spacial score (nSPS) is 28.4. The van der Waals surface area contributed by atoms with Crippen LogP contribution >= 0.6 is 0 Å². The molecule has 1 saturated heterocycles. The number of halogens is 3. The van der Waals surface area contributed by atoms with Crippen molar-refractivity contribution >= 4 is 20.1 Å². The van der Waals surface area contributed by atoms with E-state index >= 15 is 0 Å². The van der Waals surface area contributed by atoms with E-state index in [1.54, 1.807) is 36.4 Å². The van der Waals surface area contributed by atoms with Crippen LogP contribution in [0.2, 0.25) is 19.6 Å². The van der Waals surface area contributed by atoms with Crippen molar-refractivity contribution in [3.05, 3.63) is 47.7 Å². The largest absolute Gasteiger partial charge is 0.467 e. The molecule has 0 radical (unpaired) electrons. The van der Waals surface area contributed by atoms with Crippen LogP contribution in [-0.2, 0) is 20.9 Å². The van der Waals surface area contributed by atoms with Crippen LogP contribution in [0.3, 0.4) is 0 Å². The third kappa shape index (κ3) is 3.75. The van der Waals surface area contributed by atoms with E-state index in [0.717, 1.165) is 7.11 Å². The number of ether oxygens (including phenoxy) is 2. The number of carbonyl (C=O) groups excluding carboxylic acids is 2. The molecule has 164 valence electrons. The second-order valence-corrected chi connectivity index (χ2v) is 14.1. The fraction of sp³-hybridized carbons (Fsp3) is 0.524. The number of rotatable bonds is 5. The van der Waals surface area contributed by atoms with Gasteiger partial charge in [-0.2, -0.15) is 13.2 Å². The number of nitrogens with zero attached hydrogens (tertiary/aromatic N) is 1. The molecular formula is C21H26F3NO4Si. The Hall–Kier alpha value is -2.29. The van der Waals surface area contributed by atoms with Crippen molar-refractivity contribution < 1.29 is 32.2 Å². The first-order valence-electron chi connectivity index (χ1n) is 9.71. The van der Waals surface area contributed by atoms with Crippen molar-refractivity contribution in [1.29, 1.82) is 0 Å².